The zero-order chi connectivity index (χ0) is 89.3. The maximum atomic E-state index is 13.3. The highest BCUT2D eigenvalue weighted by Crippen LogP contribution is 2.36. The number of halogens is 3. The Hall–Kier alpha value is -16.4. The molecule has 0 spiro atoms. The van der Waals surface area contributed by atoms with Crippen molar-refractivity contribution in [1.82, 2.24) is 45.9 Å². The first-order valence-electron chi connectivity index (χ1n) is 39.2. The van der Waals surface area contributed by atoms with Crippen LogP contribution in [0.2, 0.25) is 0 Å². The monoisotopic (exact) mass is 1700 g/mol. The van der Waals surface area contributed by atoms with Crippen molar-refractivity contribution in [3.8, 4) is 5.75 Å². The number of benzene rings is 6. The third kappa shape index (κ3) is 30.4. The van der Waals surface area contributed by atoms with Crippen molar-refractivity contribution in [2.45, 2.75) is 60.1 Å². The Labute approximate surface area is 718 Å². The fraction of sp³-hybridized carbons (Fsp3) is 0.154. The average molecular weight is 1700 g/mol. The number of methoxy groups -OCH3 is 1. The summed E-state index contributed by atoms with van der Waals surface area (Å²) in [6, 6.07) is 58.6. The molecular weight excluding hydrogens is 1610 g/mol. The molecule has 0 aliphatic rings. The van der Waals surface area contributed by atoms with Gasteiger partial charge in [-0.25, -0.2) is 34.1 Å². The largest absolute Gasteiger partial charge is 0.497 e. The molecule has 0 bridgehead atoms. The van der Waals surface area contributed by atoms with Crippen LogP contribution in [0.25, 0.3) is 6.08 Å². The van der Waals surface area contributed by atoms with E-state index in [9.17, 15) is 56.3 Å². The predicted octanol–water partition coefficient (Wildman–Crippen LogP) is 18.0. The van der Waals surface area contributed by atoms with Crippen molar-refractivity contribution in [3.05, 3.63) is 307 Å². The van der Waals surface area contributed by atoms with Crippen molar-refractivity contribution >= 4 is 145 Å². The second-order valence-corrected chi connectivity index (χ2v) is 26.4. The summed E-state index contributed by atoms with van der Waals surface area (Å²) in [6.45, 7) is 10.8. The Morgan fingerprint density at radius 3 is 1.20 bits per heavy atom. The minimum absolute atomic E-state index is 0.00715. The number of esters is 1. The molecule has 10 amide bonds. The lowest BCUT2D eigenvalue weighted by Crippen LogP contribution is -2.28. The number of urea groups is 3. The number of alkyl halides is 3. The number of carbonyl (C=O) groups is 9. The lowest BCUT2D eigenvalue weighted by Gasteiger charge is -2.16. The van der Waals surface area contributed by atoms with Crippen LogP contribution in [-0.2, 0) is 26.9 Å². The molecule has 0 saturated heterocycles. The van der Waals surface area contributed by atoms with E-state index in [1.807, 2.05) is 106 Å². The second kappa shape index (κ2) is 48.0. The van der Waals surface area contributed by atoms with Crippen LogP contribution in [0.5, 0.6) is 5.75 Å². The fourth-order valence-corrected chi connectivity index (χ4v) is 11.2. The zero-order valence-corrected chi connectivity index (χ0v) is 68.7. The Morgan fingerprint density at radius 2 is 0.768 bits per heavy atom. The van der Waals surface area contributed by atoms with Gasteiger partial charge in [-0.05, 0) is 161 Å². The van der Waals surface area contributed by atoms with E-state index in [-0.39, 0.29) is 64.7 Å². The number of ether oxygens (including phenoxy) is 2. The molecule has 34 heteroatoms. The molecule has 6 aromatic heterocycles. The Kier molecular flexibility index (Phi) is 35.5. The average Bonchev–Trinajstić information content (AvgIpc) is 0.800. The summed E-state index contributed by atoms with van der Waals surface area (Å²) in [5.41, 5.74) is 7.53. The highest BCUT2D eigenvalue weighted by atomic mass is 19.4. The van der Waals surface area contributed by atoms with Crippen LogP contribution < -0.4 is 79.2 Å². The summed E-state index contributed by atoms with van der Waals surface area (Å²) >= 11 is 0. The zero-order valence-electron chi connectivity index (χ0n) is 68.7. The molecule has 0 aliphatic heterocycles. The summed E-state index contributed by atoms with van der Waals surface area (Å²) in [5.74, 6) is -0.645. The van der Waals surface area contributed by atoms with Crippen molar-refractivity contribution < 1.29 is 65.8 Å². The third-order valence-corrected chi connectivity index (χ3v) is 17.0. The topological polar surface area (TPSA) is 418 Å². The summed E-state index contributed by atoms with van der Waals surface area (Å²) in [5, 5.41) is 39.1. The Bertz CT molecular complexity index is 5640. The van der Waals surface area contributed by atoms with Gasteiger partial charge in [0.25, 0.3) is 23.6 Å². The van der Waals surface area contributed by atoms with Crippen LogP contribution in [0.4, 0.5) is 113 Å². The smallest absolute Gasteiger partial charge is 0.418 e. The molecule has 125 heavy (non-hydrogen) atoms. The van der Waals surface area contributed by atoms with Crippen molar-refractivity contribution in [2.24, 2.45) is 0 Å². The summed E-state index contributed by atoms with van der Waals surface area (Å²) in [7, 11) is 1.59. The summed E-state index contributed by atoms with van der Waals surface area (Å²) < 4.78 is 49.9. The SMILES string of the molecule is CCCC(=O)Cc1cc(Nc2cccnc2)c(C(=O)Nc2ccccc2)cn1.CCNC(=O)Nc1cc(Nc2ccc(OC)cc2)c(C(=O)Nc2cccnc2)cn1.CCNC(=O)Nc1cc(Nc2ccccc2)c(C(=O)Nc2ccc(/C=C/C(=O)OCC)cc2)cn1.CCNC(=O)Nc1cc(Nc2ccccc2)c(C(=O)Nc2ccccc2C(F)(F)F)cn1. The van der Waals surface area contributed by atoms with Crippen LogP contribution in [0.3, 0.4) is 0 Å². The number of Topliss-reactive ketones (excluding diaryl/α,β-unsaturated/α-hetero) is 1. The second-order valence-electron chi connectivity index (χ2n) is 26.4. The third-order valence-electron chi connectivity index (χ3n) is 17.0. The molecule has 0 aliphatic carbocycles. The van der Waals surface area contributed by atoms with Gasteiger partial charge in [-0.15, -0.1) is 0 Å². The first-order chi connectivity index (χ1) is 60.5. The molecule has 6 heterocycles. The number of hydrogen-bond donors (Lipinski definition) is 14. The Balaban J connectivity index is 0.000000189. The van der Waals surface area contributed by atoms with E-state index in [4.69, 9.17) is 9.47 Å². The molecular formula is C91H91F3N20O11. The van der Waals surface area contributed by atoms with E-state index in [0.29, 0.717) is 112 Å². The number of nitrogens with one attached hydrogen (secondary N) is 14. The van der Waals surface area contributed by atoms with E-state index in [1.165, 1.54) is 55.1 Å². The number of amides is 10. The van der Waals surface area contributed by atoms with E-state index in [2.05, 4.69) is 104 Å². The predicted molar refractivity (Wildman–Crippen MR) is 478 cm³/mol. The molecule has 0 atom stereocenters. The normalized spacial score (nSPS) is 10.4. The quantitative estimate of drug-likeness (QED) is 0.0147. The number of rotatable bonds is 30. The molecule has 0 unspecified atom stereocenters. The molecule has 0 radical (unpaired) electrons. The van der Waals surface area contributed by atoms with Gasteiger partial charge in [0, 0.05) is 128 Å². The van der Waals surface area contributed by atoms with Gasteiger partial charge < -0.3 is 68.0 Å². The first-order valence-corrected chi connectivity index (χ1v) is 39.2. The highest BCUT2D eigenvalue weighted by Gasteiger charge is 2.34. The van der Waals surface area contributed by atoms with E-state index < -0.39 is 29.6 Å². The van der Waals surface area contributed by atoms with Crippen molar-refractivity contribution in [3.63, 3.8) is 0 Å². The number of pyridine rings is 6. The standard InChI is InChI=1S/C26H27N5O4.C22H20F3N5O2.C22H22N4O2.C21H22N6O3/c1-3-27-26(34)31-23-16-22(29-19-8-6-5-7-9-19)21(17-28-23)25(33)30-20-13-10-18(11-14-20)12-15-24(32)35-4-2;1-2-26-21(32)30-19-12-18(28-14-8-4-3-5-9-14)15(13-27-19)20(31)29-17-11-7-6-10-16(17)22(23,24)25;1-2-7-19(27)12-18-13-21(25-17-10-6-11-23-14-17)20(15-24-18)22(28)26-16-8-4-3-5-9-16;1-3-23-21(29)27-19-11-18(25-14-6-8-16(30-2)9-7-14)17(13-24-19)20(28)26-15-5-4-10-22-12-15/h5-17H,3-4H2,1-2H3,(H,30,33)(H3,27,28,29,31,34);3-13H,2H2,1H3,(H,29,31)(H3,26,27,28,30,32);3-6,8-11,13-15H,2,7,12H2,1H3,(H,24,25)(H,26,28);4-13H,3H2,1-2H3,(H,26,28)(H3,23,24,25,27,29)/b15-12+;;;. The minimum atomic E-state index is -4.63. The van der Waals surface area contributed by atoms with Crippen molar-refractivity contribution in [1.29, 1.82) is 0 Å². The molecule has 0 saturated carbocycles. The van der Waals surface area contributed by atoms with Gasteiger partial charge in [-0.3, -0.25) is 54.9 Å². The number of anilines is 15. The van der Waals surface area contributed by atoms with Gasteiger partial charge in [0.2, 0.25) is 0 Å². The lowest BCUT2D eigenvalue weighted by atomic mass is 10.1. The van der Waals surface area contributed by atoms with Crippen LogP contribution >= 0.6 is 0 Å². The first kappa shape index (κ1) is 92.5. The van der Waals surface area contributed by atoms with Gasteiger partial charge in [0.05, 0.1) is 93.7 Å². The van der Waals surface area contributed by atoms with Crippen molar-refractivity contribution in [2.75, 3.05) is 91.8 Å². The number of hydrogen-bond acceptors (Lipinski definition) is 21. The number of carbonyl (C=O) groups excluding carboxylic acids is 9. The Morgan fingerprint density at radius 1 is 0.384 bits per heavy atom. The number of ketones is 1. The molecule has 642 valence electrons. The maximum Gasteiger partial charge on any atom is 0.418 e. The molecule has 12 aromatic rings. The van der Waals surface area contributed by atoms with E-state index in [1.54, 1.807) is 149 Å². The molecule has 14 N–H and O–H groups in total. The molecule has 6 aromatic carbocycles. The number of aromatic nitrogens is 6. The van der Waals surface area contributed by atoms with Crippen LogP contribution in [0, 0.1) is 0 Å². The maximum absolute atomic E-state index is 13.3. The summed E-state index contributed by atoms with van der Waals surface area (Å²) in [6.07, 6.45) is 11.9. The molecule has 31 nitrogen and oxygen atoms in total. The fourth-order valence-electron chi connectivity index (χ4n) is 11.2. The summed E-state index contributed by atoms with van der Waals surface area (Å²) in [4.78, 5) is 135. The minimum Gasteiger partial charge on any atom is -0.497 e. The number of nitrogens with zero attached hydrogens (tertiary/aromatic N) is 6. The number of para-hydroxylation sites is 4. The van der Waals surface area contributed by atoms with Gasteiger partial charge >= 0.3 is 30.2 Å². The van der Waals surface area contributed by atoms with E-state index in [0.717, 1.165) is 35.1 Å². The molecule has 0 fully saturated rings. The lowest BCUT2D eigenvalue weighted by molar-refractivity contribution is -0.137. The highest BCUT2D eigenvalue weighted by molar-refractivity contribution is 6.12. The van der Waals surface area contributed by atoms with Gasteiger partial charge in [-0.2, -0.15) is 13.2 Å². The van der Waals surface area contributed by atoms with Gasteiger partial charge in [0.1, 0.15) is 29.0 Å². The van der Waals surface area contributed by atoms with Gasteiger partial charge in [-0.1, -0.05) is 85.8 Å². The van der Waals surface area contributed by atoms with Crippen LogP contribution in [0.15, 0.2) is 268 Å². The van der Waals surface area contributed by atoms with Gasteiger partial charge in [0.15, 0.2) is 0 Å². The van der Waals surface area contributed by atoms with Crippen LogP contribution in [0.1, 0.15) is 106 Å². The van der Waals surface area contributed by atoms with Crippen LogP contribution in [-0.4, -0.2) is 117 Å². The van der Waals surface area contributed by atoms with E-state index >= 15 is 0 Å². The molecule has 12 rings (SSSR count).